The zero-order valence-electron chi connectivity index (χ0n) is 4.55. The normalized spacial score (nSPS) is 6.38. The molecule has 3 nitrogen and oxygen atoms in total. The minimum Gasteiger partial charge on any atom is -0.481 e. The van der Waals surface area contributed by atoms with Crippen LogP contribution in [0.1, 0.15) is 12.8 Å². The quantitative estimate of drug-likeness (QED) is 0.519. The first-order valence-corrected chi connectivity index (χ1v) is 1.92. The third-order valence-electron chi connectivity index (χ3n) is 0.483. The fourth-order valence-electron chi connectivity index (χ4n) is 0.179. The third-order valence-corrected chi connectivity index (χ3v) is 0.483. The summed E-state index contributed by atoms with van der Waals surface area (Å²) in [6.45, 7) is 0. The molecule has 0 saturated heterocycles. The van der Waals surface area contributed by atoms with Gasteiger partial charge in [0.05, 0.1) is 6.42 Å². The minimum absolute atomic E-state index is 0. The molecule has 46 valence electrons. The number of hydrogen-bond donors (Lipinski definition) is 2. The summed E-state index contributed by atoms with van der Waals surface area (Å²) in [7, 11) is 0. The monoisotopic (exact) mass is 115 g/mol. The Balaban J connectivity index is 0. The van der Waals surface area contributed by atoms with Gasteiger partial charge in [-0.15, -0.1) is 12.3 Å². The van der Waals surface area contributed by atoms with Gasteiger partial charge in [0.1, 0.15) is 0 Å². The summed E-state index contributed by atoms with van der Waals surface area (Å²) < 4.78 is 0. The Morgan fingerprint density at radius 3 is 2.38 bits per heavy atom. The summed E-state index contributed by atoms with van der Waals surface area (Å²) in [4.78, 5) is 9.66. The van der Waals surface area contributed by atoms with E-state index in [-0.39, 0.29) is 12.6 Å². The maximum absolute atomic E-state index is 9.66. The largest absolute Gasteiger partial charge is 0.481 e. The summed E-state index contributed by atoms with van der Waals surface area (Å²) in [5, 5.41) is 7.95. The number of rotatable bonds is 2. The molecule has 0 aliphatic carbocycles. The van der Waals surface area contributed by atoms with Gasteiger partial charge in [0.25, 0.3) is 0 Å². The van der Waals surface area contributed by atoms with E-state index in [9.17, 15) is 4.79 Å². The molecule has 8 heavy (non-hydrogen) atoms. The number of carboxylic acid groups (broad SMARTS) is 1. The van der Waals surface area contributed by atoms with E-state index in [0.29, 0.717) is 6.42 Å². The molecule has 0 radical (unpaired) electrons. The van der Waals surface area contributed by atoms with Crippen molar-refractivity contribution >= 4 is 5.97 Å². The van der Waals surface area contributed by atoms with Crippen molar-refractivity contribution in [3.63, 3.8) is 0 Å². The van der Waals surface area contributed by atoms with Gasteiger partial charge in [0, 0.05) is 6.42 Å². The summed E-state index contributed by atoms with van der Waals surface area (Å²) >= 11 is 0. The molecule has 4 N–H and O–H groups in total. The van der Waals surface area contributed by atoms with E-state index >= 15 is 0 Å². The van der Waals surface area contributed by atoms with Crippen LogP contribution < -0.4 is 6.15 Å². The van der Waals surface area contributed by atoms with Crippen LogP contribution in [0.5, 0.6) is 0 Å². The van der Waals surface area contributed by atoms with Gasteiger partial charge in [-0.1, -0.05) is 0 Å². The van der Waals surface area contributed by atoms with Gasteiger partial charge in [-0.3, -0.25) is 4.79 Å². The molecule has 0 aromatic heterocycles. The lowest BCUT2D eigenvalue weighted by Crippen LogP contribution is -1.91. The molecule has 0 atom stereocenters. The Bertz CT molecular complexity index is 103. The molecule has 3 heteroatoms. The van der Waals surface area contributed by atoms with E-state index in [1.165, 1.54) is 0 Å². The van der Waals surface area contributed by atoms with Crippen LogP contribution in [0.3, 0.4) is 0 Å². The first-order chi connectivity index (χ1) is 3.27. The van der Waals surface area contributed by atoms with E-state index in [2.05, 4.69) is 5.92 Å². The molecule has 0 aliphatic rings. The maximum Gasteiger partial charge on any atom is 0.304 e. The standard InChI is InChI=1S/C5H6O2.H3N/c1-2-3-4-5(6)7;/h1H,3-4H2,(H,6,7);1H3. The third kappa shape index (κ3) is 8.89. The molecule has 0 aliphatic heterocycles. The molecule has 0 amide bonds. The van der Waals surface area contributed by atoms with Crippen LogP contribution >= 0.6 is 0 Å². The van der Waals surface area contributed by atoms with Gasteiger partial charge in [-0.2, -0.15) is 0 Å². The highest BCUT2D eigenvalue weighted by molar-refractivity contribution is 5.66. The Hall–Kier alpha value is -1.01. The van der Waals surface area contributed by atoms with Crippen molar-refractivity contribution in [1.82, 2.24) is 6.15 Å². The topological polar surface area (TPSA) is 72.3 Å². The van der Waals surface area contributed by atoms with Gasteiger partial charge in [0.15, 0.2) is 0 Å². The van der Waals surface area contributed by atoms with Crippen LogP contribution in [-0.4, -0.2) is 11.1 Å². The summed E-state index contributed by atoms with van der Waals surface area (Å²) in [6, 6.07) is 0. The van der Waals surface area contributed by atoms with E-state index in [0.717, 1.165) is 0 Å². The first kappa shape index (κ1) is 10.1. The average molecular weight is 115 g/mol. The highest BCUT2D eigenvalue weighted by Crippen LogP contribution is 1.82. The lowest BCUT2D eigenvalue weighted by atomic mass is 10.3. The van der Waals surface area contributed by atoms with E-state index in [4.69, 9.17) is 11.5 Å². The van der Waals surface area contributed by atoms with Crippen molar-refractivity contribution in [3.8, 4) is 12.3 Å². The van der Waals surface area contributed by atoms with Crippen LogP contribution in [0, 0.1) is 12.3 Å². The maximum atomic E-state index is 9.66. The van der Waals surface area contributed by atoms with Gasteiger partial charge in [-0.25, -0.2) is 0 Å². The van der Waals surface area contributed by atoms with Gasteiger partial charge in [0.2, 0.25) is 0 Å². The van der Waals surface area contributed by atoms with Crippen LogP contribution in [0.4, 0.5) is 0 Å². The second kappa shape index (κ2) is 5.99. The van der Waals surface area contributed by atoms with Gasteiger partial charge < -0.3 is 11.3 Å². The smallest absolute Gasteiger partial charge is 0.304 e. The molecule has 0 aromatic carbocycles. The van der Waals surface area contributed by atoms with Crippen molar-refractivity contribution in [2.75, 3.05) is 0 Å². The molecular formula is C5H9NO2. The number of hydrogen-bond acceptors (Lipinski definition) is 2. The highest BCUT2D eigenvalue weighted by Gasteiger charge is 1.89. The Kier molecular flexibility index (Phi) is 7.54. The number of terminal acetylenes is 1. The summed E-state index contributed by atoms with van der Waals surface area (Å²) in [5.74, 6) is 1.38. The SMILES string of the molecule is C#CCCC(=O)O.N. The van der Waals surface area contributed by atoms with Crippen LogP contribution in [0.2, 0.25) is 0 Å². The van der Waals surface area contributed by atoms with Gasteiger partial charge in [-0.05, 0) is 0 Å². The zero-order valence-corrected chi connectivity index (χ0v) is 4.55. The van der Waals surface area contributed by atoms with E-state index < -0.39 is 5.97 Å². The van der Waals surface area contributed by atoms with Crippen LogP contribution in [0.15, 0.2) is 0 Å². The van der Waals surface area contributed by atoms with Crippen LogP contribution in [-0.2, 0) is 4.79 Å². The Labute approximate surface area is 48.3 Å². The molecule has 0 rings (SSSR count). The summed E-state index contributed by atoms with van der Waals surface area (Å²) in [6.07, 6.45) is 5.17. The molecule has 0 saturated carbocycles. The first-order valence-electron chi connectivity index (χ1n) is 1.92. The molecule has 0 heterocycles. The van der Waals surface area contributed by atoms with Crippen molar-refractivity contribution in [2.24, 2.45) is 0 Å². The van der Waals surface area contributed by atoms with E-state index in [1.807, 2.05) is 0 Å². The number of aliphatic carboxylic acids is 1. The highest BCUT2D eigenvalue weighted by atomic mass is 16.4. The molecule has 0 fully saturated rings. The lowest BCUT2D eigenvalue weighted by molar-refractivity contribution is -0.136. The molecule has 0 bridgehead atoms. The van der Waals surface area contributed by atoms with Crippen molar-refractivity contribution in [2.45, 2.75) is 12.8 Å². The molecule has 0 aromatic rings. The Morgan fingerprint density at radius 2 is 2.25 bits per heavy atom. The fraction of sp³-hybridized carbons (Fsp3) is 0.400. The molecular weight excluding hydrogens is 106 g/mol. The average Bonchev–Trinajstić information content (AvgIpc) is 1.61. The lowest BCUT2D eigenvalue weighted by Gasteiger charge is -1.80. The minimum atomic E-state index is -0.835. The zero-order chi connectivity index (χ0) is 5.70. The van der Waals surface area contributed by atoms with E-state index in [1.54, 1.807) is 0 Å². The van der Waals surface area contributed by atoms with Crippen LogP contribution in [0.25, 0.3) is 0 Å². The molecule has 0 unspecified atom stereocenters. The van der Waals surface area contributed by atoms with Crippen molar-refractivity contribution in [3.05, 3.63) is 0 Å². The second-order valence-corrected chi connectivity index (χ2v) is 1.10. The summed E-state index contributed by atoms with van der Waals surface area (Å²) in [5.41, 5.74) is 0. The fourth-order valence-corrected chi connectivity index (χ4v) is 0.179. The van der Waals surface area contributed by atoms with Crippen molar-refractivity contribution < 1.29 is 9.90 Å². The number of carboxylic acids is 1. The number of carbonyl (C=O) groups is 1. The molecule has 0 spiro atoms. The predicted molar refractivity (Wildman–Crippen MR) is 30.7 cm³/mol. The Morgan fingerprint density at radius 1 is 1.75 bits per heavy atom. The van der Waals surface area contributed by atoms with Crippen molar-refractivity contribution in [1.29, 1.82) is 0 Å². The second-order valence-electron chi connectivity index (χ2n) is 1.10. The predicted octanol–water partition coefficient (Wildman–Crippen LogP) is 0.646. The van der Waals surface area contributed by atoms with Gasteiger partial charge >= 0.3 is 5.97 Å².